The number of rotatable bonds is 2. The van der Waals surface area contributed by atoms with Crippen LogP contribution in [-0.4, -0.2) is 5.78 Å². The van der Waals surface area contributed by atoms with E-state index in [-0.39, 0.29) is 11.2 Å². The van der Waals surface area contributed by atoms with Crippen LogP contribution >= 0.6 is 0 Å². The van der Waals surface area contributed by atoms with Gasteiger partial charge in [-0.3, -0.25) is 4.79 Å². The van der Waals surface area contributed by atoms with Crippen molar-refractivity contribution in [1.82, 2.24) is 0 Å². The Hall–Kier alpha value is -0.810. The molecule has 0 unspecified atom stereocenters. The Bertz CT molecular complexity index is 166. The highest BCUT2D eigenvalue weighted by molar-refractivity contribution is 5.89. The van der Waals surface area contributed by atoms with E-state index in [0.29, 0.717) is 6.42 Å². The quantitative estimate of drug-likeness (QED) is 0.423. The van der Waals surface area contributed by atoms with Crippen molar-refractivity contribution in [3.8, 4) is 0 Å². The van der Waals surface area contributed by atoms with Gasteiger partial charge in [0.1, 0.15) is 0 Å². The van der Waals surface area contributed by atoms with Crippen LogP contribution in [0.4, 0.5) is 0 Å². The molecule has 0 fully saturated rings. The molecule has 56 valence electrons. The minimum Gasteiger partial charge on any atom is -0.294 e. The zero-order chi connectivity index (χ0) is 8.20. The molecule has 0 atom stereocenters. The van der Waals surface area contributed by atoms with Crippen molar-refractivity contribution in [2.24, 2.45) is 5.41 Å². The summed E-state index contributed by atoms with van der Waals surface area (Å²) >= 11 is 0. The van der Waals surface area contributed by atoms with Crippen LogP contribution < -0.4 is 0 Å². The van der Waals surface area contributed by atoms with Gasteiger partial charge in [-0.15, -0.1) is 5.73 Å². The Morgan fingerprint density at radius 1 is 1.60 bits per heavy atom. The predicted molar refractivity (Wildman–Crippen MR) is 42.8 cm³/mol. The highest BCUT2D eigenvalue weighted by atomic mass is 16.1. The monoisotopic (exact) mass is 138 g/mol. The largest absolute Gasteiger partial charge is 0.294 e. The van der Waals surface area contributed by atoms with E-state index in [2.05, 4.69) is 12.3 Å². The first-order chi connectivity index (χ1) is 4.45. The topological polar surface area (TPSA) is 17.1 Å². The van der Waals surface area contributed by atoms with E-state index in [1.54, 1.807) is 0 Å². The van der Waals surface area contributed by atoms with Crippen LogP contribution in [0.15, 0.2) is 18.4 Å². The Labute approximate surface area is 62.4 Å². The molecular weight excluding hydrogens is 124 g/mol. The SMILES string of the molecule is C=C=CC(=O)CC(C)(C)C. The van der Waals surface area contributed by atoms with E-state index < -0.39 is 0 Å². The average molecular weight is 138 g/mol. The van der Waals surface area contributed by atoms with Crippen LogP contribution in [-0.2, 0) is 4.79 Å². The molecule has 1 heteroatoms. The van der Waals surface area contributed by atoms with Crippen molar-refractivity contribution in [3.05, 3.63) is 18.4 Å². The first-order valence-electron chi connectivity index (χ1n) is 3.34. The summed E-state index contributed by atoms with van der Waals surface area (Å²) in [5, 5.41) is 0. The van der Waals surface area contributed by atoms with Gasteiger partial charge in [0.2, 0.25) is 0 Å². The summed E-state index contributed by atoms with van der Waals surface area (Å²) in [5.74, 6) is 0.0995. The molecule has 0 rings (SSSR count). The summed E-state index contributed by atoms with van der Waals surface area (Å²) in [4.78, 5) is 10.9. The molecule has 0 aliphatic carbocycles. The van der Waals surface area contributed by atoms with Crippen molar-refractivity contribution in [3.63, 3.8) is 0 Å². The van der Waals surface area contributed by atoms with Crippen molar-refractivity contribution in [2.75, 3.05) is 0 Å². The minimum atomic E-state index is 0.0738. The second-order valence-corrected chi connectivity index (χ2v) is 3.55. The number of hydrogen-bond donors (Lipinski definition) is 0. The number of allylic oxidation sites excluding steroid dienone is 1. The molecule has 0 saturated heterocycles. The normalized spacial score (nSPS) is 10.3. The third kappa shape index (κ3) is 5.33. The molecule has 0 saturated carbocycles. The van der Waals surface area contributed by atoms with Gasteiger partial charge in [0, 0.05) is 12.5 Å². The molecule has 0 aliphatic rings. The number of hydrogen-bond acceptors (Lipinski definition) is 1. The van der Waals surface area contributed by atoms with Gasteiger partial charge in [0.15, 0.2) is 5.78 Å². The van der Waals surface area contributed by atoms with Crippen molar-refractivity contribution < 1.29 is 4.79 Å². The van der Waals surface area contributed by atoms with Gasteiger partial charge in [-0.25, -0.2) is 0 Å². The summed E-state index contributed by atoms with van der Waals surface area (Å²) in [6.45, 7) is 9.42. The highest BCUT2D eigenvalue weighted by Gasteiger charge is 2.13. The molecule has 0 spiro atoms. The molecule has 0 heterocycles. The third-order valence-corrected chi connectivity index (χ3v) is 0.968. The lowest BCUT2D eigenvalue weighted by atomic mass is 9.90. The smallest absolute Gasteiger partial charge is 0.163 e. The number of ketones is 1. The van der Waals surface area contributed by atoms with Crippen LogP contribution in [0, 0.1) is 5.41 Å². The van der Waals surface area contributed by atoms with Gasteiger partial charge < -0.3 is 0 Å². The molecule has 10 heavy (non-hydrogen) atoms. The number of carbonyl (C=O) groups is 1. The summed E-state index contributed by atoms with van der Waals surface area (Å²) < 4.78 is 0. The fraction of sp³-hybridized carbons (Fsp3) is 0.556. The summed E-state index contributed by atoms with van der Waals surface area (Å²) in [6, 6.07) is 0. The summed E-state index contributed by atoms with van der Waals surface area (Å²) in [5.41, 5.74) is 2.54. The molecular formula is C9H14O. The molecule has 1 nitrogen and oxygen atoms in total. The van der Waals surface area contributed by atoms with Crippen LogP contribution in [0.25, 0.3) is 0 Å². The van der Waals surface area contributed by atoms with Crippen LogP contribution in [0.3, 0.4) is 0 Å². The number of carbonyl (C=O) groups excluding carboxylic acids is 1. The van der Waals surface area contributed by atoms with Crippen molar-refractivity contribution >= 4 is 5.78 Å². The van der Waals surface area contributed by atoms with E-state index in [0.717, 1.165) is 0 Å². The van der Waals surface area contributed by atoms with Gasteiger partial charge in [-0.05, 0) is 5.41 Å². The highest BCUT2D eigenvalue weighted by Crippen LogP contribution is 2.18. The lowest BCUT2D eigenvalue weighted by Gasteiger charge is -2.14. The predicted octanol–water partition coefficient (Wildman–Crippen LogP) is 2.33. The van der Waals surface area contributed by atoms with Crippen LogP contribution in [0.2, 0.25) is 0 Å². The zero-order valence-electron chi connectivity index (χ0n) is 6.90. The molecule has 0 N–H and O–H groups in total. The van der Waals surface area contributed by atoms with Gasteiger partial charge in [-0.2, -0.15) is 0 Å². The van der Waals surface area contributed by atoms with E-state index in [9.17, 15) is 4.79 Å². The Balaban J connectivity index is 3.92. The third-order valence-electron chi connectivity index (χ3n) is 0.968. The lowest BCUT2D eigenvalue weighted by molar-refractivity contribution is -0.116. The molecule has 0 aliphatic heterocycles. The molecule has 0 radical (unpaired) electrons. The molecule has 0 bridgehead atoms. The second kappa shape index (κ2) is 3.38. The molecule has 0 aromatic carbocycles. The minimum absolute atomic E-state index is 0.0738. The second-order valence-electron chi connectivity index (χ2n) is 3.55. The Morgan fingerprint density at radius 3 is 2.40 bits per heavy atom. The fourth-order valence-electron chi connectivity index (χ4n) is 0.688. The Kier molecular flexibility index (Phi) is 3.11. The lowest BCUT2D eigenvalue weighted by Crippen LogP contribution is -2.10. The van der Waals surface area contributed by atoms with Crippen LogP contribution in [0.5, 0.6) is 0 Å². The summed E-state index contributed by atoms with van der Waals surface area (Å²) in [6.07, 6.45) is 1.96. The van der Waals surface area contributed by atoms with Gasteiger partial charge in [-0.1, -0.05) is 27.4 Å². The van der Waals surface area contributed by atoms with Gasteiger partial charge in [0.25, 0.3) is 0 Å². The van der Waals surface area contributed by atoms with Crippen LogP contribution in [0.1, 0.15) is 27.2 Å². The van der Waals surface area contributed by atoms with Gasteiger partial charge in [0.05, 0.1) is 0 Å². The zero-order valence-corrected chi connectivity index (χ0v) is 6.90. The molecule has 0 aromatic heterocycles. The van der Waals surface area contributed by atoms with E-state index in [1.807, 2.05) is 20.8 Å². The van der Waals surface area contributed by atoms with E-state index in [4.69, 9.17) is 0 Å². The maximum Gasteiger partial charge on any atom is 0.163 e. The molecule has 0 amide bonds. The van der Waals surface area contributed by atoms with Crippen molar-refractivity contribution in [2.45, 2.75) is 27.2 Å². The standard InChI is InChI=1S/C9H14O/c1-5-6-8(10)7-9(2,3)4/h6H,1,7H2,2-4H3. The van der Waals surface area contributed by atoms with E-state index >= 15 is 0 Å². The first-order valence-corrected chi connectivity index (χ1v) is 3.34. The maximum absolute atomic E-state index is 10.9. The van der Waals surface area contributed by atoms with Crippen molar-refractivity contribution in [1.29, 1.82) is 0 Å². The average Bonchev–Trinajstić information content (AvgIpc) is 1.59. The van der Waals surface area contributed by atoms with Gasteiger partial charge >= 0.3 is 0 Å². The maximum atomic E-state index is 10.9. The van der Waals surface area contributed by atoms with E-state index in [1.165, 1.54) is 6.08 Å². The fourth-order valence-corrected chi connectivity index (χ4v) is 0.688. The first kappa shape index (κ1) is 9.19. The molecule has 0 aromatic rings. The Morgan fingerprint density at radius 2 is 2.10 bits per heavy atom. The summed E-state index contributed by atoms with van der Waals surface area (Å²) in [7, 11) is 0.